The Morgan fingerprint density at radius 3 is 3.09 bits per heavy atom. The lowest BCUT2D eigenvalue weighted by Gasteiger charge is -2.01. The van der Waals surface area contributed by atoms with Gasteiger partial charge in [0.05, 0.1) is 0 Å². The van der Waals surface area contributed by atoms with E-state index in [1.54, 1.807) is 0 Å². The molecular formula is C6H9N3O2. The van der Waals surface area contributed by atoms with Crippen LogP contribution < -0.4 is 5.69 Å². The summed E-state index contributed by atoms with van der Waals surface area (Å²) in [5, 5.41) is 6.08. The van der Waals surface area contributed by atoms with E-state index >= 15 is 0 Å². The summed E-state index contributed by atoms with van der Waals surface area (Å²) in [6, 6.07) is 0. The molecule has 1 aromatic rings. The highest BCUT2D eigenvalue weighted by Crippen LogP contribution is 2.24. The monoisotopic (exact) mass is 155 g/mol. The number of aromatic amines is 2. The molecule has 1 aromatic heterocycles. The van der Waals surface area contributed by atoms with E-state index in [9.17, 15) is 4.79 Å². The van der Waals surface area contributed by atoms with Crippen molar-refractivity contribution in [3.63, 3.8) is 0 Å². The van der Waals surface area contributed by atoms with Gasteiger partial charge in [-0.15, -0.1) is 0 Å². The molecule has 5 nitrogen and oxygen atoms in total. The lowest BCUT2D eigenvalue weighted by molar-refractivity contribution is 0.105. The van der Waals surface area contributed by atoms with Gasteiger partial charge >= 0.3 is 5.69 Å². The summed E-state index contributed by atoms with van der Waals surface area (Å²) in [7, 11) is 0. The third-order valence-electron chi connectivity index (χ3n) is 1.75. The predicted octanol–water partition coefficient (Wildman–Crippen LogP) is -0.0505. The van der Waals surface area contributed by atoms with Gasteiger partial charge in [0, 0.05) is 6.61 Å². The van der Waals surface area contributed by atoms with Gasteiger partial charge in [0.2, 0.25) is 0 Å². The van der Waals surface area contributed by atoms with Crippen LogP contribution in [0.1, 0.15) is 24.8 Å². The fraction of sp³-hybridized carbons (Fsp3) is 0.667. The van der Waals surface area contributed by atoms with Crippen LogP contribution in [-0.2, 0) is 4.74 Å². The van der Waals surface area contributed by atoms with Crippen molar-refractivity contribution in [3.05, 3.63) is 16.3 Å². The minimum Gasteiger partial charge on any atom is -0.370 e. The zero-order valence-electron chi connectivity index (χ0n) is 5.96. The first-order valence-corrected chi connectivity index (χ1v) is 3.62. The summed E-state index contributed by atoms with van der Waals surface area (Å²) in [5.74, 6) is 0.618. The summed E-state index contributed by atoms with van der Waals surface area (Å²) >= 11 is 0. The Balaban J connectivity index is 2.21. The number of nitrogens with one attached hydrogen (secondary N) is 2. The minimum atomic E-state index is -0.268. The highest BCUT2D eigenvalue weighted by atomic mass is 16.5. The predicted molar refractivity (Wildman–Crippen MR) is 37.1 cm³/mol. The molecule has 5 heteroatoms. The molecule has 0 aliphatic carbocycles. The maximum atomic E-state index is 10.6. The molecule has 1 atom stereocenters. The van der Waals surface area contributed by atoms with Crippen LogP contribution in [0, 0.1) is 0 Å². The third kappa shape index (κ3) is 1.19. The van der Waals surface area contributed by atoms with Crippen molar-refractivity contribution in [1.29, 1.82) is 0 Å². The first-order chi connectivity index (χ1) is 5.36. The van der Waals surface area contributed by atoms with Crippen molar-refractivity contribution in [2.75, 3.05) is 6.61 Å². The molecule has 0 amide bonds. The quantitative estimate of drug-likeness (QED) is 0.597. The van der Waals surface area contributed by atoms with Gasteiger partial charge in [-0.3, -0.25) is 4.98 Å². The summed E-state index contributed by atoms with van der Waals surface area (Å²) in [6.07, 6.45) is 1.98. The molecule has 0 saturated carbocycles. The van der Waals surface area contributed by atoms with Gasteiger partial charge in [0.25, 0.3) is 0 Å². The lowest BCUT2D eigenvalue weighted by atomic mass is 10.2. The molecular weight excluding hydrogens is 146 g/mol. The number of nitrogens with zero attached hydrogens (tertiary/aromatic N) is 1. The molecule has 1 aliphatic rings. The second kappa shape index (κ2) is 2.50. The summed E-state index contributed by atoms with van der Waals surface area (Å²) < 4.78 is 5.30. The van der Waals surface area contributed by atoms with Crippen molar-refractivity contribution in [2.24, 2.45) is 0 Å². The molecule has 1 fully saturated rings. The van der Waals surface area contributed by atoms with E-state index < -0.39 is 0 Å². The summed E-state index contributed by atoms with van der Waals surface area (Å²) in [5.41, 5.74) is -0.268. The summed E-state index contributed by atoms with van der Waals surface area (Å²) in [4.78, 5) is 13.2. The number of hydrogen-bond acceptors (Lipinski definition) is 3. The molecule has 1 aliphatic heterocycles. The number of rotatable bonds is 1. The molecule has 2 rings (SSSR count). The number of hydrogen-bond donors (Lipinski definition) is 2. The molecule has 0 bridgehead atoms. The second-order valence-corrected chi connectivity index (χ2v) is 2.56. The molecule has 0 aromatic carbocycles. The van der Waals surface area contributed by atoms with Crippen molar-refractivity contribution in [3.8, 4) is 0 Å². The Labute approximate surface area is 62.8 Å². The molecule has 2 N–H and O–H groups in total. The van der Waals surface area contributed by atoms with Crippen LogP contribution in [0.3, 0.4) is 0 Å². The Morgan fingerprint density at radius 1 is 1.64 bits per heavy atom. The Hall–Kier alpha value is -1.10. The minimum absolute atomic E-state index is 0.00560. The van der Waals surface area contributed by atoms with Crippen molar-refractivity contribution in [1.82, 2.24) is 15.2 Å². The maximum absolute atomic E-state index is 10.6. The fourth-order valence-corrected chi connectivity index (χ4v) is 1.23. The van der Waals surface area contributed by atoms with E-state index in [1.807, 2.05) is 0 Å². The van der Waals surface area contributed by atoms with E-state index in [-0.39, 0.29) is 11.8 Å². The van der Waals surface area contributed by atoms with Crippen LogP contribution in [0.5, 0.6) is 0 Å². The highest BCUT2D eigenvalue weighted by molar-refractivity contribution is 4.89. The van der Waals surface area contributed by atoms with Gasteiger partial charge in [-0.2, -0.15) is 5.10 Å². The lowest BCUT2D eigenvalue weighted by Crippen LogP contribution is -2.03. The fourth-order valence-electron chi connectivity index (χ4n) is 1.23. The molecule has 60 valence electrons. The molecule has 1 saturated heterocycles. The normalized spacial score (nSPS) is 24.2. The van der Waals surface area contributed by atoms with E-state index in [0.717, 1.165) is 19.4 Å². The Kier molecular flexibility index (Phi) is 1.50. The van der Waals surface area contributed by atoms with Crippen molar-refractivity contribution in [2.45, 2.75) is 18.9 Å². The molecule has 11 heavy (non-hydrogen) atoms. The largest absolute Gasteiger partial charge is 0.370 e. The molecule has 0 spiro atoms. The van der Waals surface area contributed by atoms with Crippen molar-refractivity contribution >= 4 is 0 Å². The van der Waals surface area contributed by atoms with Gasteiger partial charge in [-0.1, -0.05) is 0 Å². The van der Waals surface area contributed by atoms with Gasteiger partial charge in [0.1, 0.15) is 6.10 Å². The molecule has 1 unspecified atom stereocenters. The number of ether oxygens (including phenoxy) is 1. The second-order valence-electron chi connectivity index (χ2n) is 2.56. The van der Waals surface area contributed by atoms with Crippen LogP contribution >= 0.6 is 0 Å². The maximum Gasteiger partial charge on any atom is 0.340 e. The van der Waals surface area contributed by atoms with Crippen molar-refractivity contribution < 1.29 is 4.74 Å². The average Bonchev–Trinajstić information content (AvgIpc) is 2.55. The van der Waals surface area contributed by atoms with Crippen LogP contribution in [0.2, 0.25) is 0 Å². The third-order valence-corrected chi connectivity index (χ3v) is 1.75. The van der Waals surface area contributed by atoms with Crippen LogP contribution in [-0.4, -0.2) is 21.8 Å². The van der Waals surface area contributed by atoms with E-state index in [4.69, 9.17) is 4.74 Å². The Bertz CT molecular complexity index is 284. The van der Waals surface area contributed by atoms with Crippen LogP contribution in [0.4, 0.5) is 0 Å². The zero-order valence-corrected chi connectivity index (χ0v) is 5.96. The smallest absolute Gasteiger partial charge is 0.340 e. The van der Waals surface area contributed by atoms with Gasteiger partial charge in [-0.25, -0.2) is 9.89 Å². The molecule has 2 heterocycles. The van der Waals surface area contributed by atoms with Gasteiger partial charge in [0.15, 0.2) is 5.82 Å². The number of aromatic nitrogens is 3. The topological polar surface area (TPSA) is 70.8 Å². The highest BCUT2D eigenvalue weighted by Gasteiger charge is 2.20. The van der Waals surface area contributed by atoms with E-state index in [2.05, 4.69) is 15.2 Å². The number of H-pyrrole nitrogens is 2. The van der Waals surface area contributed by atoms with Gasteiger partial charge < -0.3 is 4.74 Å². The zero-order chi connectivity index (χ0) is 7.68. The van der Waals surface area contributed by atoms with E-state index in [1.165, 1.54) is 0 Å². The van der Waals surface area contributed by atoms with Crippen LogP contribution in [0.25, 0.3) is 0 Å². The van der Waals surface area contributed by atoms with Gasteiger partial charge in [-0.05, 0) is 12.8 Å². The Morgan fingerprint density at radius 2 is 2.55 bits per heavy atom. The summed E-state index contributed by atoms with van der Waals surface area (Å²) in [6.45, 7) is 0.763. The van der Waals surface area contributed by atoms with E-state index in [0.29, 0.717) is 5.82 Å². The molecule has 0 radical (unpaired) electrons. The first kappa shape index (κ1) is 6.60. The first-order valence-electron chi connectivity index (χ1n) is 3.62. The SMILES string of the molecule is O=c1[nH]nc(C2CCCO2)[nH]1. The standard InChI is InChI=1S/C6H9N3O2/c10-6-7-5(8-9-6)4-2-1-3-11-4/h4H,1-3H2,(H2,7,8,9,10). The van der Waals surface area contributed by atoms with Crippen LogP contribution in [0.15, 0.2) is 4.79 Å². The average molecular weight is 155 g/mol.